The van der Waals surface area contributed by atoms with E-state index in [0.29, 0.717) is 0 Å². The molecular weight excluding hydrogens is 256 g/mol. The summed E-state index contributed by atoms with van der Waals surface area (Å²) in [7, 11) is 1.78. The van der Waals surface area contributed by atoms with Gasteiger partial charge in [0.2, 0.25) is 0 Å². The summed E-state index contributed by atoms with van der Waals surface area (Å²) >= 11 is 0. The zero-order valence-electron chi connectivity index (χ0n) is 11.7. The van der Waals surface area contributed by atoms with Crippen molar-refractivity contribution in [1.82, 2.24) is 5.32 Å². The summed E-state index contributed by atoms with van der Waals surface area (Å²) in [6.07, 6.45) is 3.51. The van der Waals surface area contributed by atoms with Gasteiger partial charge in [-0.2, -0.15) is 0 Å². The predicted molar refractivity (Wildman–Crippen MR) is 75.9 cm³/mol. The molecule has 0 unspecified atom stereocenters. The fourth-order valence-electron chi connectivity index (χ4n) is 2.70. The van der Waals surface area contributed by atoms with E-state index in [-0.39, 0.29) is 18.1 Å². The molecule has 0 spiro atoms. The van der Waals surface area contributed by atoms with Gasteiger partial charge in [-0.3, -0.25) is 4.79 Å². The molecule has 1 aromatic carbocycles. The Kier molecular flexibility index (Phi) is 3.63. The van der Waals surface area contributed by atoms with E-state index >= 15 is 0 Å². The first-order chi connectivity index (χ1) is 9.71. The van der Waals surface area contributed by atoms with Gasteiger partial charge in [-0.25, -0.2) is 0 Å². The molecule has 108 valence electrons. The van der Waals surface area contributed by atoms with Crippen molar-refractivity contribution in [2.75, 3.05) is 25.6 Å². The number of hydrogen-bond donors (Lipinski definition) is 2. The minimum Gasteiger partial charge on any atom is -0.482 e. The van der Waals surface area contributed by atoms with Crippen LogP contribution in [0.4, 0.5) is 5.69 Å². The number of carbonyl (C=O) groups excluding carboxylic acids is 1. The molecule has 5 heteroatoms. The van der Waals surface area contributed by atoms with Crippen molar-refractivity contribution in [2.45, 2.75) is 31.4 Å². The van der Waals surface area contributed by atoms with Crippen LogP contribution < -0.4 is 15.4 Å². The molecule has 1 fully saturated rings. The van der Waals surface area contributed by atoms with Crippen LogP contribution >= 0.6 is 0 Å². The third kappa shape index (κ3) is 2.64. The van der Waals surface area contributed by atoms with Crippen LogP contribution in [-0.4, -0.2) is 31.8 Å². The fraction of sp³-hybridized carbons (Fsp3) is 0.533. The Morgan fingerprint density at radius 2 is 2.30 bits per heavy atom. The number of amides is 1. The second kappa shape index (κ2) is 5.42. The van der Waals surface area contributed by atoms with Crippen molar-refractivity contribution >= 4 is 11.6 Å². The number of carbonyl (C=O) groups is 1. The van der Waals surface area contributed by atoms with Crippen LogP contribution in [0, 0.1) is 0 Å². The summed E-state index contributed by atoms with van der Waals surface area (Å²) in [5, 5.41) is 6.26. The van der Waals surface area contributed by atoms with Crippen LogP contribution in [-0.2, 0) is 16.1 Å². The molecule has 1 aliphatic carbocycles. The van der Waals surface area contributed by atoms with Gasteiger partial charge in [0.15, 0.2) is 6.61 Å². The number of benzene rings is 1. The molecule has 0 radical (unpaired) electrons. The minimum atomic E-state index is -0.101. The highest BCUT2D eigenvalue weighted by molar-refractivity contribution is 5.95. The van der Waals surface area contributed by atoms with E-state index in [1.807, 2.05) is 18.2 Å². The molecule has 5 nitrogen and oxygen atoms in total. The van der Waals surface area contributed by atoms with Gasteiger partial charge in [0.25, 0.3) is 5.91 Å². The first-order valence-electron chi connectivity index (χ1n) is 7.02. The number of hydrogen-bond acceptors (Lipinski definition) is 4. The fourth-order valence-corrected chi connectivity index (χ4v) is 2.70. The van der Waals surface area contributed by atoms with Gasteiger partial charge in [-0.1, -0.05) is 6.07 Å². The van der Waals surface area contributed by atoms with Gasteiger partial charge >= 0.3 is 0 Å². The monoisotopic (exact) mass is 276 g/mol. The van der Waals surface area contributed by atoms with Crippen LogP contribution in [0.15, 0.2) is 18.2 Å². The van der Waals surface area contributed by atoms with Gasteiger partial charge in [-0.15, -0.1) is 0 Å². The quantitative estimate of drug-likeness (QED) is 0.859. The lowest BCUT2D eigenvalue weighted by Gasteiger charge is -2.40. The normalized spacial score (nSPS) is 19.6. The summed E-state index contributed by atoms with van der Waals surface area (Å²) in [6.45, 7) is 1.72. The summed E-state index contributed by atoms with van der Waals surface area (Å²) in [5.74, 6) is 0.635. The smallest absolute Gasteiger partial charge is 0.262 e. The number of nitrogens with one attached hydrogen (secondary N) is 2. The van der Waals surface area contributed by atoms with Crippen LogP contribution in [0.3, 0.4) is 0 Å². The average molecular weight is 276 g/mol. The molecule has 3 rings (SSSR count). The first kappa shape index (κ1) is 13.4. The summed E-state index contributed by atoms with van der Waals surface area (Å²) in [4.78, 5) is 11.3. The predicted octanol–water partition coefficient (Wildman–Crippen LogP) is 1.68. The van der Waals surface area contributed by atoms with Gasteiger partial charge in [0.05, 0.1) is 11.3 Å². The topological polar surface area (TPSA) is 59.6 Å². The standard InChI is InChI=1S/C15H20N2O3/c1-19-15(5-2-6-15)10-16-8-11-3-4-13-12(7-11)17-14(18)9-20-13/h3-4,7,16H,2,5-6,8-10H2,1H3,(H,17,18). The highest BCUT2D eigenvalue weighted by atomic mass is 16.5. The van der Waals surface area contributed by atoms with Gasteiger partial charge < -0.3 is 20.1 Å². The minimum absolute atomic E-state index is 0.0333. The SMILES string of the molecule is COC1(CNCc2ccc3c(c2)NC(=O)CO3)CCC1. The summed E-state index contributed by atoms with van der Waals surface area (Å²) in [6, 6.07) is 5.88. The number of ether oxygens (including phenoxy) is 2. The Hall–Kier alpha value is -1.59. The lowest BCUT2D eigenvalue weighted by atomic mass is 9.80. The van der Waals surface area contributed by atoms with E-state index < -0.39 is 0 Å². The number of fused-ring (bicyclic) bond motifs is 1. The molecule has 1 aliphatic heterocycles. The Labute approximate surface area is 118 Å². The zero-order chi connectivity index (χ0) is 14.0. The highest BCUT2D eigenvalue weighted by Gasteiger charge is 2.36. The molecule has 0 saturated heterocycles. The molecule has 1 amide bonds. The maximum absolute atomic E-state index is 11.3. The second-order valence-electron chi connectivity index (χ2n) is 5.51. The Bertz CT molecular complexity index is 506. The number of rotatable bonds is 5. The van der Waals surface area contributed by atoms with Crippen molar-refractivity contribution < 1.29 is 14.3 Å². The van der Waals surface area contributed by atoms with Crippen LogP contribution in [0.1, 0.15) is 24.8 Å². The molecule has 0 atom stereocenters. The van der Waals surface area contributed by atoms with Crippen molar-refractivity contribution in [2.24, 2.45) is 0 Å². The van der Waals surface area contributed by atoms with Gasteiger partial charge in [0.1, 0.15) is 5.75 Å². The number of anilines is 1. The van der Waals surface area contributed by atoms with E-state index in [4.69, 9.17) is 9.47 Å². The molecule has 1 heterocycles. The highest BCUT2D eigenvalue weighted by Crippen LogP contribution is 2.34. The lowest BCUT2D eigenvalue weighted by Crippen LogP contribution is -2.47. The summed E-state index contributed by atoms with van der Waals surface area (Å²) < 4.78 is 10.9. The molecule has 0 bridgehead atoms. The molecule has 20 heavy (non-hydrogen) atoms. The van der Waals surface area contributed by atoms with E-state index in [0.717, 1.165) is 42.9 Å². The Balaban J connectivity index is 1.58. The average Bonchev–Trinajstić information content (AvgIpc) is 2.41. The molecule has 2 aliphatic rings. The van der Waals surface area contributed by atoms with Crippen LogP contribution in [0.25, 0.3) is 0 Å². The van der Waals surface area contributed by atoms with E-state index in [1.54, 1.807) is 7.11 Å². The van der Waals surface area contributed by atoms with Crippen molar-refractivity contribution in [1.29, 1.82) is 0 Å². The molecule has 2 N–H and O–H groups in total. The van der Waals surface area contributed by atoms with Crippen LogP contribution in [0.5, 0.6) is 5.75 Å². The summed E-state index contributed by atoms with van der Waals surface area (Å²) in [5.41, 5.74) is 1.91. The van der Waals surface area contributed by atoms with Gasteiger partial charge in [-0.05, 0) is 37.0 Å². The van der Waals surface area contributed by atoms with Crippen molar-refractivity contribution in [3.63, 3.8) is 0 Å². The van der Waals surface area contributed by atoms with Crippen LogP contribution in [0.2, 0.25) is 0 Å². The molecule has 0 aromatic heterocycles. The molecular formula is C15H20N2O3. The largest absolute Gasteiger partial charge is 0.482 e. The maximum Gasteiger partial charge on any atom is 0.262 e. The van der Waals surface area contributed by atoms with Crippen molar-refractivity contribution in [3.8, 4) is 5.75 Å². The second-order valence-corrected chi connectivity index (χ2v) is 5.51. The van der Waals surface area contributed by atoms with E-state index in [9.17, 15) is 4.79 Å². The number of methoxy groups -OCH3 is 1. The van der Waals surface area contributed by atoms with Gasteiger partial charge in [0, 0.05) is 20.2 Å². The molecule has 1 saturated carbocycles. The van der Waals surface area contributed by atoms with E-state index in [1.165, 1.54) is 6.42 Å². The molecule has 1 aromatic rings. The Morgan fingerprint density at radius 1 is 1.45 bits per heavy atom. The Morgan fingerprint density at radius 3 is 3.00 bits per heavy atom. The third-order valence-corrected chi connectivity index (χ3v) is 4.15. The third-order valence-electron chi connectivity index (χ3n) is 4.15. The van der Waals surface area contributed by atoms with Crippen molar-refractivity contribution in [3.05, 3.63) is 23.8 Å². The maximum atomic E-state index is 11.3. The first-order valence-corrected chi connectivity index (χ1v) is 7.02. The van der Waals surface area contributed by atoms with E-state index in [2.05, 4.69) is 10.6 Å². The zero-order valence-corrected chi connectivity index (χ0v) is 11.7. The lowest BCUT2D eigenvalue weighted by molar-refractivity contribution is -0.118.